The monoisotopic (exact) mass is 255 g/mol. The normalized spacial score (nSPS) is 23.1. The van der Waals surface area contributed by atoms with Gasteiger partial charge in [0.2, 0.25) is 5.91 Å². The van der Waals surface area contributed by atoms with Crippen LogP contribution in [-0.4, -0.2) is 55.0 Å². The van der Waals surface area contributed by atoms with Gasteiger partial charge in [0.15, 0.2) is 0 Å². The van der Waals surface area contributed by atoms with E-state index in [1.165, 1.54) is 19.4 Å². The Labute approximate surface area is 111 Å². The van der Waals surface area contributed by atoms with E-state index < -0.39 is 0 Å². The van der Waals surface area contributed by atoms with Crippen molar-refractivity contribution < 1.29 is 4.79 Å². The van der Waals surface area contributed by atoms with E-state index in [0.29, 0.717) is 5.92 Å². The smallest absolute Gasteiger partial charge is 0.239 e. The Balaban J connectivity index is 2.53. The summed E-state index contributed by atoms with van der Waals surface area (Å²) in [4.78, 5) is 16.6. The third kappa shape index (κ3) is 4.25. The number of hydrogen-bond donors (Lipinski definition) is 1. The van der Waals surface area contributed by atoms with Gasteiger partial charge in [-0.3, -0.25) is 4.79 Å². The van der Waals surface area contributed by atoms with Crippen LogP contribution in [0, 0.1) is 11.8 Å². The molecule has 2 atom stereocenters. The molecule has 0 bridgehead atoms. The first-order valence-corrected chi connectivity index (χ1v) is 7.18. The van der Waals surface area contributed by atoms with E-state index in [9.17, 15) is 4.79 Å². The highest BCUT2D eigenvalue weighted by Gasteiger charge is 2.26. The standard InChI is InChI=1S/C14H29N3O/c1-5-17(14(18)13(15)11(2)3)10-12-7-6-8-16(4)9-12/h11-13H,5-10,15H2,1-4H3. The van der Waals surface area contributed by atoms with Crippen LogP contribution in [0.3, 0.4) is 0 Å². The Morgan fingerprint density at radius 3 is 2.67 bits per heavy atom. The maximum atomic E-state index is 12.3. The predicted octanol–water partition coefficient (Wildman–Crippen LogP) is 1.16. The first kappa shape index (κ1) is 15.4. The molecule has 106 valence electrons. The van der Waals surface area contributed by atoms with Crippen LogP contribution in [0.5, 0.6) is 0 Å². The molecular weight excluding hydrogens is 226 g/mol. The molecule has 1 fully saturated rings. The highest BCUT2D eigenvalue weighted by molar-refractivity contribution is 5.81. The zero-order valence-corrected chi connectivity index (χ0v) is 12.4. The summed E-state index contributed by atoms with van der Waals surface area (Å²) >= 11 is 0. The van der Waals surface area contributed by atoms with Gasteiger partial charge in [0.25, 0.3) is 0 Å². The fourth-order valence-electron chi connectivity index (χ4n) is 2.60. The Bertz CT molecular complexity index is 268. The molecule has 1 rings (SSSR count). The SMILES string of the molecule is CCN(CC1CCCN(C)C1)C(=O)C(N)C(C)C. The summed E-state index contributed by atoms with van der Waals surface area (Å²) in [5.41, 5.74) is 5.97. The largest absolute Gasteiger partial charge is 0.341 e. The van der Waals surface area contributed by atoms with Crippen LogP contribution in [0.25, 0.3) is 0 Å². The van der Waals surface area contributed by atoms with Crippen molar-refractivity contribution in [1.29, 1.82) is 0 Å². The summed E-state index contributed by atoms with van der Waals surface area (Å²) in [6, 6.07) is -0.355. The number of carbonyl (C=O) groups is 1. The van der Waals surface area contributed by atoms with E-state index in [0.717, 1.165) is 19.6 Å². The van der Waals surface area contributed by atoms with Gasteiger partial charge in [-0.1, -0.05) is 13.8 Å². The Morgan fingerprint density at radius 1 is 1.50 bits per heavy atom. The average Bonchev–Trinajstić information content (AvgIpc) is 2.34. The molecular formula is C14H29N3O. The number of nitrogens with two attached hydrogens (primary N) is 1. The highest BCUT2D eigenvalue weighted by atomic mass is 16.2. The van der Waals surface area contributed by atoms with Gasteiger partial charge in [0.1, 0.15) is 0 Å². The third-order valence-corrected chi connectivity index (χ3v) is 3.90. The molecule has 2 unspecified atom stereocenters. The van der Waals surface area contributed by atoms with Crippen LogP contribution < -0.4 is 5.73 Å². The Hall–Kier alpha value is -0.610. The zero-order chi connectivity index (χ0) is 13.7. The predicted molar refractivity (Wildman–Crippen MR) is 75.3 cm³/mol. The van der Waals surface area contributed by atoms with Crippen LogP contribution in [0.15, 0.2) is 0 Å². The molecule has 0 spiro atoms. The lowest BCUT2D eigenvalue weighted by Crippen LogP contribution is -2.49. The molecule has 1 amide bonds. The van der Waals surface area contributed by atoms with Crippen LogP contribution >= 0.6 is 0 Å². The second-order valence-electron chi connectivity index (χ2n) is 5.92. The van der Waals surface area contributed by atoms with Crippen molar-refractivity contribution in [1.82, 2.24) is 9.80 Å². The summed E-state index contributed by atoms with van der Waals surface area (Å²) < 4.78 is 0. The number of likely N-dealkylation sites (N-methyl/N-ethyl adjacent to an activating group) is 1. The van der Waals surface area contributed by atoms with Crippen molar-refractivity contribution in [2.45, 2.75) is 39.7 Å². The highest BCUT2D eigenvalue weighted by Crippen LogP contribution is 2.17. The first-order chi connectivity index (χ1) is 8.45. The van der Waals surface area contributed by atoms with E-state index >= 15 is 0 Å². The number of hydrogen-bond acceptors (Lipinski definition) is 3. The summed E-state index contributed by atoms with van der Waals surface area (Å²) in [7, 11) is 2.16. The Morgan fingerprint density at radius 2 is 2.17 bits per heavy atom. The summed E-state index contributed by atoms with van der Waals surface area (Å²) in [6.07, 6.45) is 2.47. The van der Waals surface area contributed by atoms with E-state index in [2.05, 4.69) is 11.9 Å². The number of piperidine rings is 1. The summed E-state index contributed by atoms with van der Waals surface area (Å²) in [5.74, 6) is 0.924. The van der Waals surface area contributed by atoms with Crippen molar-refractivity contribution in [3.63, 3.8) is 0 Å². The maximum absolute atomic E-state index is 12.3. The molecule has 4 nitrogen and oxygen atoms in total. The molecule has 1 heterocycles. The minimum atomic E-state index is -0.355. The molecule has 0 radical (unpaired) electrons. The summed E-state index contributed by atoms with van der Waals surface area (Å²) in [5, 5.41) is 0. The number of likely N-dealkylation sites (tertiary alicyclic amines) is 1. The second-order valence-corrected chi connectivity index (χ2v) is 5.92. The fraction of sp³-hybridized carbons (Fsp3) is 0.929. The fourth-order valence-corrected chi connectivity index (χ4v) is 2.60. The van der Waals surface area contributed by atoms with Crippen LogP contribution in [0.4, 0.5) is 0 Å². The number of nitrogens with zero attached hydrogens (tertiary/aromatic N) is 2. The van der Waals surface area contributed by atoms with E-state index in [4.69, 9.17) is 5.73 Å². The second kappa shape index (κ2) is 7.10. The molecule has 0 aromatic carbocycles. The van der Waals surface area contributed by atoms with Crippen molar-refractivity contribution in [2.24, 2.45) is 17.6 Å². The zero-order valence-electron chi connectivity index (χ0n) is 12.4. The lowest BCUT2D eigenvalue weighted by Gasteiger charge is -2.34. The van der Waals surface area contributed by atoms with Crippen molar-refractivity contribution in [3.05, 3.63) is 0 Å². The van der Waals surface area contributed by atoms with Crippen LogP contribution in [0.1, 0.15) is 33.6 Å². The molecule has 0 aliphatic carbocycles. The van der Waals surface area contributed by atoms with Gasteiger partial charge in [-0.2, -0.15) is 0 Å². The minimum absolute atomic E-state index is 0.112. The summed E-state index contributed by atoms with van der Waals surface area (Å²) in [6.45, 7) is 9.95. The first-order valence-electron chi connectivity index (χ1n) is 7.18. The minimum Gasteiger partial charge on any atom is -0.341 e. The van der Waals surface area contributed by atoms with Crippen molar-refractivity contribution >= 4 is 5.91 Å². The van der Waals surface area contributed by atoms with Gasteiger partial charge in [-0.05, 0) is 45.2 Å². The molecule has 2 N–H and O–H groups in total. The number of amides is 1. The molecule has 1 aliphatic rings. The lowest BCUT2D eigenvalue weighted by molar-refractivity contribution is -0.134. The molecule has 0 saturated carbocycles. The Kier molecular flexibility index (Phi) is 6.09. The molecule has 4 heteroatoms. The number of rotatable bonds is 5. The van der Waals surface area contributed by atoms with Gasteiger partial charge in [-0.15, -0.1) is 0 Å². The molecule has 18 heavy (non-hydrogen) atoms. The van der Waals surface area contributed by atoms with Crippen LogP contribution in [-0.2, 0) is 4.79 Å². The van der Waals surface area contributed by atoms with Gasteiger partial charge >= 0.3 is 0 Å². The van der Waals surface area contributed by atoms with Crippen molar-refractivity contribution in [3.8, 4) is 0 Å². The van der Waals surface area contributed by atoms with Gasteiger partial charge in [0.05, 0.1) is 6.04 Å². The van der Waals surface area contributed by atoms with Gasteiger partial charge in [-0.25, -0.2) is 0 Å². The van der Waals surface area contributed by atoms with E-state index in [-0.39, 0.29) is 17.9 Å². The lowest BCUT2D eigenvalue weighted by atomic mass is 9.97. The van der Waals surface area contributed by atoms with Gasteiger partial charge < -0.3 is 15.5 Å². The molecule has 1 aliphatic heterocycles. The number of carbonyl (C=O) groups excluding carboxylic acids is 1. The maximum Gasteiger partial charge on any atom is 0.239 e. The average molecular weight is 255 g/mol. The quantitative estimate of drug-likeness (QED) is 0.802. The van der Waals surface area contributed by atoms with E-state index in [1.54, 1.807) is 0 Å². The molecule has 0 aromatic heterocycles. The molecule has 1 saturated heterocycles. The third-order valence-electron chi connectivity index (χ3n) is 3.90. The van der Waals surface area contributed by atoms with Gasteiger partial charge in [0, 0.05) is 19.6 Å². The van der Waals surface area contributed by atoms with Crippen LogP contribution in [0.2, 0.25) is 0 Å². The topological polar surface area (TPSA) is 49.6 Å². The van der Waals surface area contributed by atoms with Crippen molar-refractivity contribution in [2.75, 3.05) is 33.2 Å². The molecule has 0 aromatic rings. The van der Waals surface area contributed by atoms with E-state index in [1.807, 2.05) is 25.7 Å².